The Morgan fingerprint density at radius 2 is 1.60 bits per heavy atom. The van der Waals surface area contributed by atoms with Gasteiger partial charge in [-0.2, -0.15) is 0 Å². The largest absolute Gasteiger partial charge is 0.507 e. The highest BCUT2D eigenvalue weighted by atomic mass is 16.3. The first-order valence-corrected chi connectivity index (χ1v) is 8.82. The Morgan fingerprint density at radius 3 is 2.44 bits per heavy atom. The van der Waals surface area contributed by atoms with E-state index in [2.05, 4.69) is 18.2 Å². The van der Waals surface area contributed by atoms with E-state index in [9.17, 15) is 5.11 Å². The molecule has 2 heteroatoms. The SMILES string of the molecule is Oc1ccccc1C=Cc1[o+]c(-c2ccccc2)cc2c1CCCC2. The zero-order valence-corrected chi connectivity index (χ0v) is 14.1. The molecule has 0 atom stereocenters. The average molecular weight is 329 g/mol. The first-order chi connectivity index (χ1) is 12.3. The maximum Gasteiger partial charge on any atom is 0.361 e. The minimum Gasteiger partial charge on any atom is -0.507 e. The molecule has 0 radical (unpaired) electrons. The van der Waals surface area contributed by atoms with Crippen molar-refractivity contribution in [3.8, 4) is 17.1 Å². The van der Waals surface area contributed by atoms with Crippen LogP contribution in [0.4, 0.5) is 0 Å². The van der Waals surface area contributed by atoms with Crippen molar-refractivity contribution < 1.29 is 9.52 Å². The number of rotatable bonds is 3. The van der Waals surface area contributed by atoms with Crippen molar-refractivity contribution in [1.29, 1.82) is 0 Å². The molecule has 4 rings (SSSR count). The third kappa shape index (κ3) is 3.34. The molecule has 2 nitrogen and oxygen atoms in total. The number of phenolic OH excluding ortho intramolecular Hbond substituents is 1. The molecule has 0 unspecified atom stereocenters. The predicted molar refractivity (Wildman–Crippen MR) is 102 cm³/mol. The van der Waals surface area contributed by atoms with Gasteiger partial charge in [-0.15, -0.1) is 0 Å². The second kappa shape index (κ2) is 6.94. The number of hydrogen-bond donors (Lipinski definition) is 1. The van der Waals surface area contributed by atoms with E-state index in [-0.39, 0.29) is 5.75 Å². The van der Waals surface area contributed by atoms with E-state index >= 15 is 0 Å². The molecule has 0 aliphatic heterocycles. The van der Waals surface area contributed by atoms with Crippen molar-refractivity contribution in [2.24, 2.45) is 0 Å². The lowest BCUT2D eigenvalue weighted by molar-refractivity contribution is 0.474. The fourth-order valence-corrected chi connectivity index (χ4v) is 3.41. The third-order valence-corrected chi connectivity index (χ3v) is 4.74. The lowest BCUT2D eigenvalue weighted by atomic mass is 9.90. The summed E-state index contributed by atoms with van der Waals surface area (Å²) in [5, 5.41) is 9.98. The molecule has 3 aromatic rings. The maximum atomic E-state index is 9.98. The number of para-hydroxylation sites is 1. The molecule has 0 amide bonds. The quantitative estimate of drug-likeness (QED) is 0.599. The average Bonchev–Trinajstić information content (AvgIpc) is 2.67. The minimum atomic E-state index is 0.284. The van der Waals surface area contributed by atoms with E-state index in [4.69, 9.17) is 4.42 Å². The third-order valence-electron chi connectivity index (χ3n) is 4.74. The van der Waals surface area contributed by atoms with E-state index in [0.717, 1.165) is 35.5 Å². The fourth-order valence-electron chi connectivity index (χ4n) is 3.41. The van der Waals surface area contributed by atoms with Crippen LogP contribution in [0.1, 0.15) is 35.3 Å². The summed E-state index contributed by atoms with van der Waals surface area (Å²) in [6.07, 6.45) is 8.50. The standard InChI is InChI=1S/C23H20O2/c24-21-13-7-5-8-17(21)14-15-22-20-12-6-4-11-19(20)16-23(25-22)18-9-2-1-3-10-18/h1-3,5,7-10,13-16H,4,6,11-12H2/p+1. The fraction of sp³-hybridized carbons (Fsp3) is 0.174. The molecule has 1 aromatic heterocycles. The van der Waals surface area contributed by atoms with Crippen LogP contribution >= 0.6 is 0 Å². The molecule has 1 aliphatic rings. The number of aryl methyl sites for hydroxylation is 1. The lowest BCUT2D eigenvalue weighted by Gasteiger charge is -2.13. The van der Waals surface area contributed by atoms with Crippen molar-refractivity contribution >= 4 is 12.2 Å². The Balaban J connectivity index is 1.79. The molecule has 1 heterocycles. The van der Waals surface area contributed by atoms with Gasteiger partial charge in [0.25, 0.3) is 0 Å². The van der Waals surface area contributed by atoms with E-state index in [0.29, 0.717) is 0 Å². The predicted octanol–water partition coefficient (Wildman–Crippen LogP) is 5.98. The molecular formula is C23H21O2+. The summed E-state index contributed by atoms with van der Waals surface area (Å²) in [7, 11) is 0. The highest BCUT2D eigenvalue weighted by Crippen LogP contribution is 2.32. The minimum absolute atomic E-state index is 0.284. The zero-order chi connectivity index (χ0) is 17.1. The van der Waals surface area contributed by atoms with Gasteiger partial charge in [-0.25, -0.2) is 4.42 Å². The number of phenols is 1. The van der Waals surface area contributed by atoms with Crippen molar-refractivity contribution in [1.82, 2.24) is 0 Å². The molecule has 1 N–H and O–H groups in total. The van der Waals surface area contributed by atoms with Crippen LogP contribution in [0.5, 0.6) is 5.75 Å². The van der Waals surface area contributed by atoms with Crippen LogP contribution in [0.2, 0.25) is 0 Å². The Bertz CT molecular complexity index is 911. The van der Waals surface area contributed by atoms with Crippen LogP contribution < -0.4 is 0 Å². The molecule has 25 heavy (non-hydrogen) atoms. The molecule has 0 saturated heterocycles. The summed E-state index contributed by atoms with van der Waals surface area (Å²) in [6.45, 7) is 0. The van der Waals surface area contributed by atoms with Crippen LogP contribution in [0.3, 0.4) is 0 Å². The number of hydrogen-bond acceptors (Lipinski definition) is 1. The van der Waals surface area contributed by atoms with Gasteiger partial charge in [-0.1, -0.05) is 36.4 Å². The first kappa shape index (κ1) is 15.6. The highest BCUT2D eigenvalue weighted by Gasteiger charge is 2.25. The van der Waals surface area contributed by atoms with Gasteiger partial charge < -0.3 is 5.11 Å². The zero-order valence-electron chi connectivity index (χ0n) is 14.1. The summed E-state index contributed by atoms with van der Waals surface area (Å²) < 4.78 is 6.26. The van der Waals surface area contributed by atoms with Crippen molar-refractivity contribution in [2.45, 2.75) is 25.7 Å². The van der Waals surface area contributed by atoms with Gasteiger partial charge in [0.1, 0.15) is 5.75 Å². The van der Waals surface area contributed by atoms with Gasteiger partial charge in [-0.3, -0.25) is 0 Å². The second-order valence-electron chi connectivity index (χ2n) is 6.44. The van der Waals surface area contributed by atoms with E-state index < -0.39 is 0 Å². The molecule has 2 aromatic carbocycles. The maximum absolute atomic E-state index is 9.98. The Hall–Kier alpha value is -2.87. The van der Waals surface area contributed by atoms with E-state index in [1.54, 1.807) is 6.07 Å². The number of aromatic hydroxyl groups is 1. The lowest BCUT2D eigenvalue weighted by Crippen LogP contribution is -2.05. The number of fused-ring (bicyclic) bond motifs is 1. The second-order valence-corrected chi connectivity index (χ2v) is 6.44. The molecule has 124 valence electrons. The van der Waals surface area contributed by atoms with E-state index in [1.807, 2.05) is 48.6 Å². The summed E-state index contributed by atoms with van der Waals surface area (Å²) in [6, 6.07) is 19.8. The molecule has 0 saturated carbocycles. The van der Waals surface area contributed by atoms with Crippen LogP contribution in [0.25, 0.3) is 23.5 Å². The van der Waals surface area contributed by atoms with Crippen LogP contribution in [0.15, 0.2) is 65.1 Å². The van der Waals surface area contributed by atoms with Crippen molar-refractivity contribution in [3.63, 3.8) is 0 Å². The monoisotopic (exact) mass is 329 g/mol. The van der Waals surface area contributed by atoms with Gasteiger partial charge in [0.05, 0.1) is 11.1 Å². The summed E-state index contributed by atoms with van der Waals surface area (Å²) in [5.74, 6) is 2.09. The van der Waals surface area contributed by atoms with Gasteiger partial charge in [0.2, 0.25) is 0 Å². The Kier molecular flexibility index (Phi) is 4.34. The van der Waals surface area contributed by atoms with Crippen LogP contribution in [0, 0.1) is 0 Å². The van der Waals surface area contributed by atoms with Crippen LogP contribution in [-0.2, 0) is 12.8 Å². The summed E-state index contributed by atoms with van der Waals surface area (Å²) >= 11 is 0. The molecular weight excluding hydrogens is 308 g/mol. The topological polar surface area (TPSA) is 31.5 Å². The smallest absolute Gasteiger partial charge is 0.361 e. The van der Waals surface area contributed by atoms with E-state index in [1.165, 1.54) is 24.0 Å². The van der Waals surface area contributed by atoms with Gasteiger partial charge in [0, 0.05) is 17.7 Å². The van der Waals surface area contributed by atoms with Gasteiger partial charge >= 0.3 is 11.5 Å². The van der Waals surface area contributed by atoms with Crippen molar-refractivity contribution in [2.75, 3.05) is 0 Å². The van der Waals surface area contributed by atoms with Gasteiger partial charge in [0.15, 0.2) is 0 Å². The highest BCUT2D eigenvalue weighted by molar-refractivity contribution is 5.73. The summed E-state index contributed by atoms with van der Waals surface area (Å²) in [5.41, 5.74) is 4.58. The summed E-state index contributed by atoms with van der Waals surface area (Å²) in [4.78, 5) is 0. The molecule has 0 spiro atoms. The van der Waals surface area contributed by atoms with Gasteiger partial charge in [-0.05, 0) is 55.5 Å². The molecule has 0 fully saturated rings. The van der Waals surface area contributed by atoms with Crippen molar-refractivity contribution in [3.05, 3.63) is 83.1 Å². The first-order valence-electron chi connectivity index (χ1n) is 8.82. The molecule has 1 aliphatic carbocycles. The van der Waals surface area contributed by atoms with Crippen LogP contribution in [-0.4, -0.2) is 5.11 Å². The number of benzene rings is 2. The Morgan fingerprint density at radius 1 is 0.840 bits per heavy atom. The molecule has 0 bridgehead atoms. The Labute approximate surface area is 148 Å². The normalized spacial score (nSPS) is 13.8.